The molecule has 0 aliphatic carbocycles. The molecule has 0 saturated carbocycles. The smallest absolute Gasteiger partial charge is 0.252 e. The number of nitrogens with zero attached hydrogens (tertiary/aromatic N) is 2. The Morgan fingerprint density at radius 2 is 1.70 bits per heavy atom. The first kappa shape index (κ1) is 32.2. The number of benzene rings is 2. The van der Waals surface area contributed by atoms with Crippen LogP contribution in [0.1, 0.15) is 46.2 Å². The van der Waals surface area contributed by atoms with Gasteiger partial charge in [0.25, 0.3) is 5.91 Å². The summed E-state index contributed by atoms with van der Waals surface area (Å²) in [7, 11) is 0. The van der Waals surface area contributed by atoms with Crippen LogP contribution in [0.15, 0.2) is 83.9 Å². The molecule has 2 amide bonds. The number of hydrogen-bond acceptors (Lipinski definition) is 8. The van der Waals surface area contributed by atoms with E-state index in [1.807, 2.05) is 43.3 Å². The number of carbonyl (C=O) groups is 2. The van der Waals surface area contributed by atoms with Gasteiger partial charge in [-0.25, -0.2) is 10.8 Å². The molecule has 0 atom stereocenters. The quantitative estimate of drug-likeness (QED) is 0.0471. The number of amides is 2. The van der Waals surface area contributed by atoms with Gasteiger partial charge in [-0.1, -0.05) is 42.5 Å². The number of nitrogens with two attached hydrogens (primary N) is 1. The van der Waals surface area contributed by atoms with Crippen molar-refractivity contribution in [2.45, 2.75) is 37.8 Å². The number of ether oxygens (including phenoxy) is 1. The SMILES string of the molecule is CCOc1ccccc1-c1ccc(CSc2c(C)cccc2C)nc1/C=C/C(=O)NCCCNC(=O)c1ccc(NN)nc1. The summed E-state index contributed by atoms with van der Waals surface area (Å²) in [6, 6.07) is 21.5. The van der Waals surface area contributed by atoms with Gasteiger partial charge >= 0.3 is 0 Å². The summed E-state index contributed by atoms with van der Waals surface area (Å²) in [5, 5.41) is 5.70. The second-order valence-corrected chi connectivity index (χ2v) is 11.0. The van der Waals surface area contributed by atoms with Gasteiger partial charge in [-0.3, -0.25) is 14.6 Å². The average molecular weight is 611 g/mol. The summed E-state index contributed by atoms with van der Waals surface area (Å²) >= 11 is 1.76. The summed E-state index contributed by atoms with van der Waals surface area (Å²) in [5.41, 5.74) is 8.72. The molecule has 2 heterocycles. The lowest BCUT2D eigenvalue weighted by Crippen LogP contribution is -2.29. The molecular weight excluding hydrogens is 572 g/mol. The van der Waals surface area contributed by atoms with E-state index in [-0.39, 0.29) is 11.8 Å². The van der Waals surface area contributed by atoms with Crippen molar-refractivity contribution in [3.63, 3.8) is 0 Å². The highest BCUT2D eigenvalue weighted by Crippen LogP contribution is 2.34. The molecule has 0 fully saturated rings. The number of nitrogen functional groups attached to an aromatic ring is 1. The first-order valence-corrected chi connectivity index (χ1v) is 15.5. The molecule has 9 nitrogen and oxygen atoms in total. The van der Waals surface area contributed by atoms with Crippen molar-refractivity contribution in [3.8, 4) is 16.9 Å². The van der Waals surface area contributed by atoms with Gasteiger partial charge in [0.15, 0.2) is 0 Å². The third-order valence-electron chi connectivity index (χ3n) is 6.74. The fraction of sp³-hybridized carbons (Fsp3) is 0.235. The molecule has 2 aromatic heterocycles. The van der Waals surface area contributed by atoms with E-state index in [1.165, 1.54) is 28.3 Å². The molecular formula is C34H38N6O3S. The number of anilines is 1. The predicted octanol–water partition coefficient (Wildman–Crippen LogP) is 5.69. The highest BCUT2D eigenvalue weighted by molar-refractivity contribution is 7.98. The van der Waals surface area contributed by atoms with E-state index in [9.17, 15) is 9.59 Å². The largest absolute Gasteiger partial charge is 0.493 e. The normalized spacial score (nSPS) is 10.9. The second-order valence-electron chi connectivity index (χ2n) is 9.98. The molecule has 5 N–H and O–H groups in total. The minimum Gasteiger partial charge on any atom is -0.493 e. The van der Waals surface area contributed by atoms with E-state index in [0.717, 1.165) is 22.6 Å². The van der Waals surface area contributed by atoms with Crippen LogP contribution in [0.5, 0.6) is 5.75 Å². The van der Waals surface area contributed by atoms with Gasteiger partial charge in [0.05, 0.1) is 23.6 Å². The number of pyridine rings is 2. The zero-order valence-corrected chi connectivity index (χ0v) is 26.0. The number of rotatable bonds is 14. The van der Waals surface area contributed by atoms with Crippen LogP contribution < -0.4 is 26.6 Å². The van der Waals surface area contributed by atoms with Crippen molar-refractivity contribution in [2.24, 2.45) is 5.84 Å². The minimum absolute atomic E-state index is 0.242. The Hall–Kier alpha value is -4.67. The standard InChI is InChI=1S/C34H38N6O3S/c1-4-43-30-12-6-5-11-28(30)27-15-14-26(22-44-33-23(2)9-7-10-24(33)3)39-29(27)16-18-32(41)36-19-8-20-37-34(42)25-13-17-31(40-35)38-21-25/h5-7,9-18,21H,4,8,19-20,22,35H2,1-3H3,(H,36,41)(H,37,42)(H,38,40)/b18-16+. The van der Waals surface area contributed by atoms with Gasteiger partial charge in [-0.15, -0.1) is 11.8 Å². The maximum Gasteiger partial charge on any atom is 0.252 e. The molecule has 228 valence electrons. The fourth-order valence-electron chi connectivity index (χ4n) is 4.53. The molecule has 4 rings (SSSR count). The van der Waals surface area contributed by atoms with Crippen molar-refractivity contribution in [1.29, 1.82) is 0 Å². The van der Waals surface area contributed by atoms with Gasteiger partial charge in [0.2, 0.25) is 5.91 Å². The van der Waals surface area contributed by atoms with Crippen LogP contribution in [-0.4, -0.2) is 41.5 Å². The summed E-state index contributed by atoms with van der Waals surface area (Å²) in [6.45, 7) is 7.53. The Morgan fingerprint density at radius 1 is 0.932 bits per heavy atom. The highest BCUT2D eigenvalue weighted by atomic mass is 32.2. The lowest BCUT2D eigenvalue weighted by Gasteiger charge is -2.14. The first-order valence-electron chi connectivity index (χ1n) is 14.5. The van der Waals surface area contributed by atoms with E-state index >= 15 is 0 Å². The average Bonchev–Trinajstić information content (AvgIpc) is 3.04. The molecule has 10 heteroatoms. The zero-order chi connectivity index (χ0) is 31.3. The Kier molecular flexibility index (Phi) is 11.9. The van der Waals surface area contributed by atoms with Crippen molar-refractivity contribution >= 4 is 35.5 Å². The number of para-hydroxylation sites is 1. The third-order valence-corrected chi connectivity index (χ3v) is 8.11. The van der Waals surface area contributed by atoms with Gasteiger partial charge in [0.1, 0.15) is 11.6 Å². The van der Waals surface area contributed by atoms with Crippen LogP contribution in [0, 0.1) is 13.8 Å². The first-order chi connectivity index (χ1) is 21.4. The molecule has 0 bridgehead atoms. The molecule has 0 aliphatic rings. The molecule has 0 unspecified atom stereocenters. The number of aryl methyl sites for hydroxylation is 2. The van der Waals surface area contributed by atoms with Gasteiger partial charge < -0.3 is 20.8 Å². The summed E-state index contributed by atoms with van der Waals surface area (Å²) < 4.78 is 5.89. The van der Waals surface area contributed by atoms with Crippen LogP contribution in [0.4, 0.5) is 5.82 Å². The Balaban J connectivity index is 1.41. The molecule has 0 aliphatic heterocycles. The fourth-order valence-corrected chi connectivity index (χ4v) is 5.57. The lowest BCUT2D eigenvalue weighted by atomic mass is 10.0. The number of hydrogen-bond donors (Lipinski definition) is 4. The van der Waals surface area contributed by atoms with Gasteiger partial charge in [0, 0.05) is 47.1 Å². The van der Waals surface area contributed by atoms with Crippen LogP contribution in [0.2, 0.25) is 0 Å². The van der Waals surface area contributed by atoms with E-state index in [1.54, 1.807) is 30.0 Å². The van der Waals surface area contributed by atoms with E-state index in [2.05, 4.69) is 53.1 Å². The topological polar surface area (TPSA) is 131 Å². The van der Waals surface area contributed by atoms with Crippen LogP contribution in [-0.2, 0) is 10.5 Å². The Labute approximate surface area is 262 Å². The van der Waals surface area contributed by atoms with E-state index < -0.39 is 0 Å². The van der Waals surface area contributed by atoms with Crippen LogP contribution in [0.25, 0.3) is 17.2 Å². The van der Waals surface area contributed by atoms with Crippen LogP contribution in [0.3, 0.4) is 0 Å². The number of hydrazine groups is 1. The molecule has 44 heavy (non-hydrogen) atoms. The summed E-state index contributed by atoms with van der Waals surface area (Å²) in [4.78, 5) is 35.2. The van der Waals surface area contributed by atoms with E-state index in [4.69, 9.17) is 15.6 Å². The van der Waals surface area contributed by atoms with Gasteiger partial charge in [-0.05, 0) is 68.7 Å². The maximum absolute atomic E-state index is 12.7. The monoisotopic (exact) mass is 610 g/mol. The second kappa shape index (κ2) is 16.3. The van der Waals surface area contributed by atoms with Crippen molar-refractivity contribution in [2.75, 3.05) is 25.1 Å². The summed E-state index contributed by atoms with van der Waals surface area (Å²) in [6.07, 6.45) is 5.26. The molecule has 0 spiro atoms. The van der Waals surface area contributed by atoms with Crippen molar-refractivity contribution in [1.82, 2.24) is 20.6 Å². The molecule has 2 aromatic carbocycles. The molecule has 4 aromatic rings. The Bertz CT molecular complexity index is 1590. The number of thioether (sulfide) groups is 1. The highest BCUT2D eigenvalue weighted by Gasteiger charge is 2.13. The van der Waals surface area contributed by atoms with Crippen molar-refractivity contribution < 1.29 is 14.3 Å². The third kappa shape index (κ3) is 8.92. The molecule has 0 saturated heterocycles. The maximum atomic E-state index is 12.7. The van der Waals surface area contributed by atoms with Crippen molar-refractivity contribution in [3.05, 3.63) is 107 Å². The van der Waals surface area contributed by atoms with E-state index in [0.29, 0.717) is 48.9 Å². The predicted molar refractivity (Wildman–Crippen MR) is 177 cm³/mol. The zero-order valence-electron chi connectivity index (χ0n) is 25.2. The van der Waals surface area contributed by atoms with Crippen LogP contribution >= 0.6 is 11.8 Å². The number of aromatic nitrogens is 2. The summed E-state index contributed by atoms with van der Waals surface area (Å²) in [5.74, 6) is 6.75. The number of nitrogens with one attached hydrogen (secondary N) is 3. The lowest BCUT2D eigenvalue weighted by molar-refractivity contribution is -0.116. The minimum atomic E-state index is -0.244. The number of carbonyl (C=O) groups excluding carboxylic acids is 2. The Morgan fingerprint density at radius 3 is 2.43 bits per heavy atom. The molecule has 0 radical (unpaired) electrons. The van der Waals surface area contributed by atoms with Gasteiger partial charge in [-0.2, -0.15) is 0 Å².